The maximum absolute atomic E-state index is 11.1. The zero-order chi connectivity index (χ0) is 17.3. The smallest absolute Gasteiger partial charge is 0.335 e. The van der Waals surface area contributed by atoms with E-state index in [0.29, 0.717) is 11.5 Å². The van der Waals surface area contributed by atoms with E-state index in [-0.39, 0.29) is 0 Å². The van der Waals surface area contributed by atoms with Crippen LogP contribution in [0, 0.1) is 47.3 Å². The Bertz CT molecular complexity index is 678. The minimum Gasteiger partial charge on any atom is -0.478 e. The normalized spacial score (nSPS) is 44.9. The van der Waals surface area contributed by atoms with Gasteiger partial charge in [0.25, 0.3) is 0 Å². The Morgan fingerprint density at radius 3 is 2.36 bits per heavy atom. The van der Waals surface area contributed by atoms with E-state index in [1.54, 1.807) is 18.6 Å². The van der Waals surface area contributed by atoms with Crippen molar-refractivity contribution in [2.75, 3.05) is 0 Å². The molecule has 4 saturated carbocycles. The molecule has 4 aliphatic rings. The number of carboxylic acid groups (broad SMARTS) is 1. The quantitative estimate of drug-likeness (QED) is 0.742. The number of carboxylic acids is 1. The molecular weight excluding hydrogens is 308 g/mol. The second-order valence-corrected chi connectivity index (χ2v) is 9.64. The van der Waals surface area contributed by atoms with Gasteiger partial charge in [0, 0.05) is 0 Å². The molecule has 134 valence electrons. The molecule has 5 rings (SSSR count). The van der Waals surface area contributed by atoms with E-state index in [9.17, 15) is 4.79 Å². The van der Waals surface area contributed by atoms with Crippen molar-refractivity contribution in [3.8, 4) is 0 Å². The van der Waals surface area contributed by atoms with Crippen LogP contribution in [0.1, 0.15) is 67.8 Å². The molecule has 9 unspecified atom stereocenters. The van der Waals surface area contributed by atoms with E-state index in [1.165, 1.54) is 31.2 Å². The largest absolute Gasteiger partial charge is 0.478 e. The van der Waals surface area contributed by atoms with Crippen molar-refractivity contribution in [1.29, 1.82) is 0 Å². The summed E-state index contributed by atoms with van der Waals surface area (Å²) in [5.74, 6) is 7.77. The van der Waals surface area contributed by atoms with Gasteiger partial charge in [-0.1, -0.05) is 26.0 Å². The molecule has 25 heavy (non-hydrogen) atoms. The standard InChI is InChI=1S/C23H30O2/c1-12(14-3-5-15(6-4-14)23(24)25)9-18-13(2)19-11-20(18)22-17-8-7-16(10-17)21(19)22/h3-6,12-13,16-22H,7-11H2,1-2H3,(H,24,25). The third-order valence-electron chi connectivity index (χ3n) is 8.83. The molecule has 1 N–H and O–H groups in total. The van der Waals surface area contributed by atoms with Crippen molar-refractivity contribution in [1.82, 2.24) is 0 Å². The van der Waals surface area contributed by atoms with Crippen molar-refractivity contribution in [3.05, 3.63) is 35.4 Å². The number of aromatic carboxylic acids is 1. The van der Waals surface area contributed by atoms with Gasteiger partial charge >= 0.3 is 5.97 Å². The van der Waals surface area contributed by atoms with E-state index in [0.717, 1.165) is 47.3 Å². The van der Waals surface area contributed by atoms with E-state index in [2.05, 4.69) is 13.8 Å². The lowest BCUT2D eigenvalue weighted by Crippen LogP contribution is -2.37. The minimum atomic E-state index is -0.830. The molecular formula is C23H30O2. The third kappa shape index (κ3) is 2.25. The van der Waals surface area contributed by atoms with Gasteiger partial charge in [-0.05, 0) is 103 Å². The lowest BCUT2D eigenvalue weighted by Gasteiger charge is -2.43. The van der Waals surface area contributed by atoms with Crippen LogP contribution >= 0.6 is 0 Å². The van der Waals surface area contributed by atoms with Crippen LogP contribution in [0.2, 0.25) is 0 Å². The van der Waals surface area contributed by atoms with Gasteiger partial charge in [0.2, 0.25) is 0 Å². The molecule has 2 heteroatoms. The maximum Gasteiger partial charge on any atom is 0.335 e. The van der Waals surface area contributed by atoms with E-state index in [1.807, 2.05) is 12.1 Å². The summed E-state index contributed by atoms with van der Waals surface area (Å²) in [7, 11) is 0. The maximum atomic E-state index is 11.1. The first-order valence-corrected chi connectivity index (χ1v) is 10.4. The van der Waals surface area contributed by atoms with Crippen molar-refractivity contribution < 1.29 is 9.90 Å². The van der Waals surface area contributed by atoms with Crippen molar-refractivity contribution in [3.63, 3.8) is 0 Å². The molecule has 9 atom stereocenters. The van der Waals surface area contributed by atoms with Gasteiger partial charge in [-0.2, -0.15) is 0 Å². The fourth-order valence-corrected chi connectivity index (χ4v) is 7.90. The number of benzene rings is 1. The summed E-state index contributed by atoms with van der Waals surface area (Å²) in [4.78, 5) is 11.1. The summed E-state index contributed by atoms with van der Waals surface area (Å²) in [6, 6.07) is 7.60. The minimum absolute atomic E-state index is 0.397. The zero-order valence-corrected chi connectivity index (χ0v) is 15.4. The topological polar surface area (TPSA) is 37.3 Å². The summed E-state index contributed by atoms with van der Waals surface area (Å²) < 4.78 is 0. The Morgan fingerprint density at radius 1 is 1.08 bits per heavy atom. The monoisotopic (exact) mass is 338 g/mol. The van der Waals surface area contributed by atoms with Gasteiger partial charge in [-0.25, -0.2) is 4.79 Å². The van der Waals surface area contributed by atoms with Gasteiger partial charge < -0.3 is 5.11 Å². The lowest BCUT2D eigenvalue weighted by molar-refractivity contribution is 0.0569. The highest BCUT2D eigenvalue weighted by Gasteiger charge is 2.64. The summed E-state index contributed by atoms with van der Waals surface area (Å²) in [6.07, 6.45) is 7.39. The highest BCUT2D eigenvalue weighted by molar-refractivity contribution is 5.87. The Morgan fingerprint density at radius 2 is 1.72 bits per heavy atom. The van der Waals surface area contributed by atoms with Crippen LogP contribution in [0.3, 0.4) is 0 Å². The fourth-order valence-electron chi connectivity index (χ4n) is 7.90. The molecule has 4 bridgehead atoms. The number of fused-ring (bicyclic) bond motifs is 9. The summed E-state index contributed by atoms with van der Waals surface area (Å²) in [5.41, 5.74) is 1.71. The van der Waals surface area contributed by atoms with Crippen LogP contribution in [0.5, 0.6) is 0 Å². The van der Waals surface area contributed by atoms with Crippen molar-refractivity contribution in [2.45, 2.75) is 51.9 Å². The first-order valence-electron chi connectivity index (χ1n) is 10.4. The Hall–Kier alpha value is -1.31. The molecule has 0 heterocycles. The van der Waals surface area contributed by atoms with Crippen LogP contribution in [-0.2, 0) is 0 Å². The average molecular weight is 338 g/mol. The fraction of sp³-hybridized carbons (Fsp3) is 0.696. The molecule has 1 aromatic carbocycles. The van der Waals surface area contributed by atoms with Gasteiger partial charge in [-0.3, -0.25) is 0 Å². The molecule has 0 aromatic heterocycles. The van der Waals surface area contributed by atoms with Crippen LogP contribution in [0.15, 0.2) is 24.3 Å². The van der Waals surface area contributed by atoms with Crippen molar-refractivity contribution in [2.24, 2.45) is 47.3 Å². The third-order valence-corrected chi connectivity index (χ3v) is 8.83. The SMILES string of the molecule is CC(CC1C(C)C2CC1C1C3CCC(C3)C21)c1ccc(C(=O)O)cc1. The Balaban J connectivity index is 1.32. The number of carbonyl (C=O) groups is 1. The Kier molecular flexibility index (Phi) is 3.56. The first-order chi connectivity index (χ1) is 12.0. The van der Waals surface area contributed by atoms with Crippen LogP contribution in [0.4, 0.5) is 0 Å². The highest BCUT2D eigenvalue weighted by atomic mass is 16.4. The molecule has 4 aliphatic carbocycles. The number of hydrogen-bond donors (Lipinski definition) is 1. The summed E-state index contributed by atoms with van der Waals surface area (Å²) in [5, 5.41) is 9.09. The second kappa shape index (κ2) is 5.59. The predicted octanol–water partition coefficient (Wildman–Crippen LogP) is 5.44. The summed E-state index contributed by atoms with van der Waals surface area (Å²) >= 11 is 0. The zero-order valence-electron chi connectivity index (χ0n) is 15.4. The molecule has 0 spiro atoms. The number of rotatable bonds is 4. The molecule has 2 nitrogen and oxygen atoms in total. The van der Waals surface area contributed by atoms with Gasteiger partial charge in [-0.15, -0.1) is 0 Å². The van der Waals surface area contributed by atoms with Crippen LogP contribution < -0.4 is 0 Å². The predicted molar refractivity (Wildman–Crippen MR) is 98.5 cm³/mol. The highest BCUT2D eigenvalue weighted by Crippen LogP contribution is 2.71. The van der Waals surface area contributed by atoms with Crippen LogP contribution in [0.25, 0.3) is 0 Å². The lowest BCUT2D eigenvalue weighted by atomic mass is 9.62. The van der Waals surface area contributed by atoms with E-state index in [4.69, 9.17) is 5.11 Å². The number of hydrogen-bond acceptors (Lipinski definition) is 1. The van der Waals surface area contributed by atoms with Gasteiger partial charge in [0.1, 0.15) is 0 Å². The van der Waals surface area contributed by atoms with E-state index >= 15 is 0 Å². The molecule has 4 fully saturated rings. The summed E-state index contributed by atoms with van der Waals surface area (Å²) in [6.45, 7) is 4.88. The van der Waals surface area contributed by atoms with E-state index < -0.39 is 5.97 Å². The first kappa shape index (κ1) is 15.9. The van der Waals surface area contributed by atoms with Crippen molar-refractivity contribution >= 4 is 5.97 Å². The van der Waals surface area contributed by atoms with Gasteiger partial charge in [0.15, 0.2) is 0 Å². The Labute approximate surface area is 151 Å². The second-order valence-electron chi connectivity index (χ2n) is 9.64. The molecule has 0 saturated heterocycles. The molecule has 0 radical (unpaired) electrons. The molecule has 1 aromatic rings. The average Bonchev–Trinajstić information content (AvgIpc) is 3.35. The van der Waals surface area contributed by atoms with Gasteiger partial charge in [0.05, 0.1) is 5.56 Å². The van der Waals surface area contributed by atoms with Crippen LogP contribution in [-0.4, -0.2) is 11.1 Å². The molecule has 0 aliphatic heterocycles. The molecule has 0 amide bonds.